The van der Waals surface area contributed by atoms with Crippen molar-refractivity contribution in [3.63, 3.8) is 0 Å². The van der Waals surface area contributed by atoms with Crippen molar-refractivity contribution in [2.75, 3.05) is 7.11 Å². The molecule has 1 fully saturated rings. The average Bonchev–Trinajstić information content (AvgIpc) is 2.97. The van der Waals surface area contributed by atoms with Gasteiger partial charge in [-0.05, 0) is 43.9 Å². The summed E-state index contributed by atoms with van der Waals surface area (Å²) in [5.41, 5.74) is 2.68. The van der Waals surface area contributed by atoms with Crippen LogP contribution in [0.25, 0.3) is 11.1 Å². The molecule has 1 unspecified atom stereocenters. The first-order valence-electron chi connectivity index (χ1n) is 9.51. The molecule has 3 rings (SSSR count). The van der Waals surface area contributed by atoms with Gasteiger partial charge in [-0.2, -0.15) is 0 Å². The Bertz CT molecular complexity index is 824. The van der Waals surface area contributed by atoms with Gasteiger partial charge in [0.1, 0.15) is 11.7 Å². The van der Waals surface area contributed by atoms with Gasteiger partial charge in [0.05, 0.1) is 6.04 Å². The predicted molar refractivity (Wildman–Crippen MR) is 108 cm³/mol. The lowest BCUT2D eigenvalue weighted by molar-refractivity contribution is -0.135. The summed E-state index contributed by atoms with van der Waals surface area (Å²) in [5.74, 6) is -0.331. The maximum atomic E-state index is 12.6. The van der Waals surface area contributed by atoms with E-state index < -0.39 is 17.8 Å². The van der Waals surface area contributed by atoms with Gasteiger partial charge in [-0.1, -0.05) is 54.6 Å². The molecule has 0 radical (unpaired) electrons. The number of benzene rings is 2. The van der Waals surface area contributed by atoms with Crippen LogP contribution in [0.3, 0.4) is 0 Å². The number of hydrogen-bond donors (Lipinski definition) is 0. The Kier molecular flexibility index (Phi) is 5.84. The molecule has 0 bridgehead atoms. The van der Waals surface area contributed by atoms with Gasteiger partial charge >= 0.3 is 6.09 Å². The zero-order valence-corrected chi connectivity index (χ0v) is 16.8. The topological polar surface area (TPSA) is 55.8 Å². The van der Waals surface area contributed by atoms with Gasteiger partial charge in [-0.25, -0.2) is 9.69 Å². The Morgan fingerprint density at radius 3 is 2.21 bits per heavy atom. The molecule has 0 spiro atoms. The van der Waals surface area contributed by atoms with E-state index in [1.54, 1.807) is 20.8 Å². The number of carbonyl (C=O) groups is 2. The van der Waals surface area contributed by atoms with Crippen molar-refractivity contribution in [3.05, 3.63) is 60.2 Å². The number of ether oxygens (including phenoxy) is 2. The van der Waals surface area contributed by atoms with Crippen LogP contribution in [0.15, 0.2) is 54.6 Å². The molecular weight excluding hydrogens is 354 g/mol. The van der Waals surface area contributed by atoms with E-state index in [-0.39, 0.29) is 11.9 Å². The van der Waals surface area contributed by atoms with Gasteiger partial charge in [-0.15, -0.1) is 0 Å². The smallest absolute Gasteiger partial charge is 0.417 e. The SMILES string of the molecule is COC1C[C@@H](Cc2ccc(-c3ccccc3)cc2)N(C(=O)OC(C)(C)C)C1=O. The summed E-state index contributed by atoms with van der Waals surface area (Å²) in [5, 5.41) is 0. The standard InChI is InChI=1S/C23H27NO4/c1-23(2,3)28-22(26)24-19(15-20(27-4)21(24)25)14-16-10-12-18(13-11-16)17-8-6-5-7-9-17/h5-13,19-20H,14-15H2,1-4H3/t19-,20?/m1/s1. The highest BCUT2D eigenvalue weighted by Crippen LogP contribution is 2.28. The van der Waals surface area contributed by atoms with Crippen molar-refractivity contribution < 1.29 is 19.1 Å². The van der Waals surface area contributed by atoms with Crippen LogP contribution in [0.1, 0.15) is 32.8 Å². The second kappa shape index (κ2) is 8.15. The van der Waals surface area contributed by atoms with Gasteiger partial charge in [-0.3, -0.25) is 4.79 Å². The Morgan fingerprint density at radius 1 is 1.04 bits per heavy atom. The molecule has 148 valence electrons. The number of rotatable bonds is 4. The van der Waals surface area contributed by atoms with Crippen LogP contribution in [0, 0.1) is 0 Å². The van der Waals surface area contributed by atoms with Crippen LogP contribution in [-0.4, -0.2) is 41.8 Å². The highest BCUT2D eigenvalue weighted by Gasteiger charge is 2.45. The molecule has 2 amide bonds. The number of imide groups is 1. The number of nitrogens with zero attached hydrogens (tertiary/aromatic N) is 1. The summed E-state index contributed by atoms with van der Waals surface area (Å²) in [4.78, 5) is 26.4. The Hall–Kier alpha value is -2.66. The first-order valence-corrected chi connectivity index (χ1v) is 9.51. The van der Waals surface area contributed by atoms with Crippen LogP contribution in [0.5, 0.6) is 0 Å². The lowest BCUT2D eigenvalue weighted by atomic mass is 9.99. The van der Waals surface area contributed by atoms with E-state index in [9.17, 15) is 9.59 Å². The van der Waals surface area contributed by atoms with Crippen molar-refractivity contribution in [2.45, 2.75) is 51.4 Å². The van der Waals surface area contributed by atoms with Crippen molar-refractivity contribution in [1.29, 1.82) is 0 Å². The molecule has 1 aliphatic rings. The number of carbonyl (C=O) groups excluding carboxylic acids is 2. The van der Waals surface area contributed by atoms with E-state index in [0.29, 0.717) is 12.8 Å². The van der Waals surface area contributed by atoms with Gasteiger partial charge in [0, 0.05) is 13.5 Å². The average molecular weight is 381 g/mol. The normalized spacial score (nSPS) is 19.7. The van der Waals surface area contributed by atoms with Gasteiger partial charge < -0.3 is 9.47 Å². The maximum absolute atomic E-state index is 12.6. The second-order valence-corrected chi connectivity index (χ2v) is 8.07. The van der Waals surface area contributed by atoms with Gasteiger partial charge in [0.25, 0.3) is 5.91 Å². The molecule has 0 saturated carbocycles. The highest BCUT2D eigenvalue weighted by atomic mass is 16.6. The molecule has 2 atom stereocenters. The molecule has 1 heterocycles. The third-order valence-electron chi connectivity index (χ3n) is 4.77. The van der Waals surface area contributed by atoms with Crippen molar-refractivity contribution in [2.24, 2.45) is 0 Å². The van der Waals surface area contributed by atoms with Crippen LogP contribution in [-0.2, 0) is 20.7 Å². The van der Waals surface area contributed by atoms with E-state index in [0.717, 1.165) is 16.7 Å². The van der Waals surface area contributed by atoms with Crippen molar-refractivity contribution >= 4 is 12.0 Å². The first-order chi connectivity index (χ1) is 13.3. The Balaban J connectivity index is 1.77. The van der Waals surface area contributed by atoms with E-state index >= 15 is 0 Å². The summed E-state index contributed by atoms with van der Waals surface area (Å²) in [6, 6.07) is 18.1. The lowest BCUT2D eigenvalue weighted by Gasteiger charge is -2.27. The number of likely N-dealkylation sites (tertiary alicyclic amines) is 1. The zero-order chi connectivity index (χ0) is 20.3. The molecule has 2 aromatic carbocycles. The van der Waals surface area contributed by atoms with Crippen molar-refractivity contribution in [1.82, 2.24) is 4.90 Å². The molecule has 0 N–H and O–H groups in total. The summed E-state index contributed by atoms with van der Waals surface area (Å²) in [7, 11) is 1.49. The molecule has 1 aliphatic heterocycles. The van der Waals surface area contributed by atoms with Gasteiger partial charge in [0.15, 0.2) is 0 Å². The fourth-order valence-corrected chi connectivity index (χ4v) is 3.45. The summed E-state index contributed by atoms with van der Waals surface area (Å²) >= 11 is 0. The third-order valence-corrected chi connectivity index (χ3v) is 4.77. The lowest BCUT2D eigenvalue weighted by Crippen LogP contribution is -2.44. The predicted octanol–water partition coefficient (Wildman–Crippen LogP) is 4.45. The Morgan fingerprint density at radius 2 is 1.64 bits per heavy atom. The summed E-state index contributed by atoms with van der Waals surface area (Å²) < 4.78 is 10.7. The number of amides is 2. The molecule has 0 aliphatic carbocycles. The molecule has 28 heavy (non-hydrogen) atoms. The Labute approximate surface area is 166 Å². The maximum Gasteiger partial charge on any atom is 0.417 e. The first kappa shape index (κ1) is 20.1. The highest BCUT2D eigenvalue weighted by molar-refractivity contribution is 5.97. The minimum atomic E-state index is -0.662. The number of methoxy groups -OCH3 is 1. The number of hydrogen-bond acceptors (Lipinski definition) is 4. The zero-order valence-electron chi connectivity index (χ0n) is 16.8. The quantitative estimate of drug-likeness (QED) is 0.785. The van der Waals surface area contributed by atoms with E-state index in [1.165, 1.54) is 12.0 Å². The van der Waals surface area contributed by atoms with Crippen LogP contribution in [0.2, 0.25) is 0 Å². The van der Waals surface area contributed by atoms with E-state index in [1.807, 2.05) is 30.3 Å². The largest absolute Gasteiger partial charge is 0.443 e. The van der Waals surface area contributed by atoms with Crippen molar-refractivity contribution in [3.8, 4) is 11.1 Å². The van der Waals surface area contributed by atoms with Crippen LogP contribution in [0.4, 0.5) is 4.79 Å². The van der Waals surface area contributed by atoms with Gasteiger partial charge in [0.2, 0.25) is 0 Å². The van der Waals surface area contributed by atoms with E-state index in [2.05, 4.69) is 24.3 Å². The fourth-order valence-electron chi connectivity index (χ4n) is 3.45. The second-order valence-electron chi connectivity index (χ2n) is 8.07. The molecule has 5 heteroatoms. The molecule has 5 nitrogen and oxygen atoms in total. The van der Waals surface area contributed by atoms with Crippen LogP contribution >= 0.6 is 0 Å². The molecule has 0 aromatic heterocycles. The van der Waals surface area contributed by atoms with E-state index in [4.69, 9.17) is 9.47 Å². The minimum Gasteiger partial charge on any atom is -0.443 e. The molecule has 1 saturated heterocycles. The summed E-state index contributed by atoms with van der Waals surface area (Å²) in [6.45, 7) is 5.36. The minimum absolute atomic E-state index is 0.283. The molecular formula is C23H27NO4. The van der Waals surface area contributed by atoms with Crippen LogP contribution < -0.4 is 0 Å². The third kappa shape index (κ3) is 4.60. The summed E-state index contributed by atoms with van der Waals surface area (Å²) in [6.07, 6.45) is -0.182. The monoisotopic (exact) mass is 381 g/mol. The molecule has 2 aromatic rings. The fraction of sp³-hybridized carbons (Fsp3) is 0.391.